The van der Waals surface area contributed by atoms with Crippen LogP contribution in [0, 0.1) is 0 Å². The Balaban J connectivity index is 1.95. The summed E-state index contributed by atoms with van der Waals surface area (Å²) in [7, 11) is 0. The average Bonchev–Trinajstić information content (AvgIpc) is 2.98. The van der Waals surface area contributed by atoms with Crippen molar-refractivity contribution in [3.8, 4) is 10.6 Å². The van der Waals surface area contributed by atoms with Crippen molar-refractivity contribution in [3.05, 3.63) is 29.5 Å². The van der Waals surface area contributed by atoms with Crippen LogP contribution in [0.5, 0.6) is 0 Å². The number of carbonyl (C=O) groups is 1. The van der Waals surface area contributed by atoms with Gasteiger partial charge in [-0.2, -0.15) is 0 Å². The van der Waals surface area contributed by atoms with E-state index in [0.717, 1.165) is 22.7 Å². The highest BCUT2D eigenvalue weighted by molar-refractivity contribution is 9.10. The van der Waals surface area contributed by atoms with Gasteiger partial charge in [-0.1, -0.05) is 22.0 Å². The Kier molecular flexibility index (Phi) is 4.54. The number of imidazole rings is 1. The summed E-state index contributed by atoms with van der Waals surface area (Å²) in [6.07, 6.45) is 2.44. The first-order valence-corrected chi connectivity index (χ1v) is 7.46. The summed E-state index contributed by atoms with van der Waals surface area (Å²) in [5.41, 5.74) is 2.03. The van der Waals surface area contributed by atoms with Crippen molar-refractivity contribution in [2.24, 2.45) is 0 Å². The molecule has 2 N–H and O–H groups in total. The van der Waals surface area contributed by atoms with Gasteiger partial charge in [-0.15, -0.1) is 11.3 Å². The zero-order chi connectivity index (χ0) is 13.0. The molecule has 0 aliphatic heterocycles. The van der Waals surface area contributed by atoms with Crippen LogP contribution >= 0.6 is 27.3 Å². The molecule has 96 valence electrons. The molecule has 2 heterocycles. The van der Waals surface area contributed by atoms with E-state index >= 15 is 0 Å². The van der Waals surface area contributed by atoms with Gasteiger partial charge in [0.2, 0.25) is 5.91 Å². The number of nitrogens with one attached hydrogen (secondary N) is 2. The lowest BCUT2D eigenvalue weighted by molar-refractivity contribution is -0.120. The van der Waals surface area contributed by atoms with Crippen molar-refractivity contribution in [1.29, 1.82) is 0 Å². The van der Waals surface area contributed by atoms with Gasteiger partial charge in [-0.05, 0) is 18.4 Å². The molecule has 1 amide bonds. The molecular formula is C12H14BrN3OS. The summed E-state index contributed by atoms with van der Waals surface area (Å²) >= 11 is 4.90. The second-order valence-corrected chi connectivity index (χ2v) is 6.19. The molecule has 18 heavy (non-hydrogen) atoms. The van der Waals surface area contributed by atoms with Crippen molar-refractivity contribution in [2.45, 2.75) is 18.2 Å². The van der Waals surface area contributed by atoms with Crippen LogP contribution in [0.2, 0.25) is 0 Å². The van der Waals surface area contributed by atoms with Gasteiger partial charge >= 0.3 is 0 Å². The van der Waals surface area contributed by atoms with Gasteiger partial charge in [0.05, 0.1) is 16.0 Å². The smallest absolute Gasteiger partial charge is 0.233 e. The van der Waals surface area contributed by atoms with E-state index in [2.05, 4.69) is 31.2 Å². The second-order valence-electron chi connectivity index (χ2n) is 3.86. The topological polar surface area (TPSA) is 57.8 Å². The summed E-state index contributed by atoms with van der Waals surface area (Å²) in [6.45, 7) is 2.41. The number of aromatic nitrogens is 2. The second kappa shape index (κ2) is 6.15. The zero-order valence-electron chi connectivity index (χ0n) is 9.94. The molecule has 0 bridgehead atoms. The van der Waals surface area contributed by atoms with Crippen LogP contribution in [0.15, 0.2) is 23.8 Å². The van der Waals surface area contributed by atoms with E-state index in [0.29, 0.717) is 6.54 Å². The van der Waals surface area contributed by atoms with Crippen LogP contribution < -0.4 is 5.32 Å². The highest BCUT2D eigenvalue weighted by Gasteiger charge is 2.11. The van der Waals surface area contributed by atoms with E-state index in [1.807, 2.05) is 24.4 Å². The number of carbonyl (C=O) groups excluding carboxylic acids is 1. The molecular weight excluding hydrogens is 314 g/mol. The Morgan fingerprint density at radius 3 is 3.17 bits per heavy atom. The lowest BCUT2D eigenvalue weighted by Crippen LogP contribution is -2.31. The maximum Gasteiger partial charge on any atom is 0.233 e. The number of aromatic amines is 1. The molecule has 0 aromatic carbocycles. The standard InChI is InChI=1S/C12H14BrN3OS/c1-8(13)12(17)14-5-4-9-11(16-7-15-9)10-3-2-6-18-10/h2-3,6-8H,4-5H2,1H3,(H,14,17)(H,15,16). The molecule has 0 aliphatic carbocycles. The maximum absolute atomic E-state index is 11.4. The molecule has 0 saturated carbocycles. The number of hydrogen-bond donors (Lipinski definition) is 2. The number of nitrogens with zero attached hydrogens (tertiary/aromatic N) is 1. The minimum atomic E-state index is -0.156. The fourth-order valence-corrected chi connectivity index (χ4v) is 2.50. The van der Waals surface area contributed by atoms with Gasteiger partial charge in [0.25, 0.3) is 0 Å². The van der Waals surface area contributed by atoms with Crippen LogP contribution in [0.3, 0.4) is 0 Å². The van der Waals surface area contributed by atoms with Crippen LogP contribution in [-0.2, 0) is 11.2 Å². The Morgan fingerprint density at radius 1 is 1.67 bits per heavy atom. The van der Waals surface area contributed by atoms with Gasteiger partial charge in [0.15, 0.2) is 0 Å². The number of hydrogen-bond acceptors (Lipinski definition) is 3. The molecule has 1 unspecified atom stereocenters. The SMILES string of the molecule is CC(Br)C(=O)NCCc1[nH]cnc1-c1cccs1. The van der Waals surface area contributed by atoms with Gasteiger partial charge in [0.1, 0.15) is 5.69 Å². The highest BCUT2D eigenvalue weighted by atomic mass is 79.9. The predicted octanol–water partition coefficient (Wildman–Crippen LogP) is 2.58. The molecule has 1 atom stereocenters. The van der Waals surface area contributed by atoms with E-state index < -0.39 is 0 Å². The lowest BCUT2D eigenvalue weighted by Gasteiger charge is -2.06. The van der Waals surface area contributed by atoms with E-state index in [9.17, 15) is 4.79 Å². The molecule has 4 nitrogen and oxygen atoms in total. The van der Waals surface area contributed by atoms with Gasteiger partial charge in [-0.3, -0.25) is 4.79 Å². The minimum absolute atomic E-state index is 0.00666. The van der Waals surface area contributed by atoms with E-state index in [1.54, 1.807) is 17.7 Å². The Labute approximate surface area is 118 Å². The van der Waals surface area contributed by atoms with Crippen molar-refractivity contribution < 1.29 is 4.79 Å². The highest BCUT2D eigenvalue weighted by Crippen LogP contribution is 2.25. The Hall–Kier alpha value is -1.14. The van der Waals surface area contributed by atoms with Crippen LogP contribution in [0.25, 0.3) is 10.6 Å². The molecule has 2 aromatic rings. The first-order valence-electron chi connectivity index (χ1n) is 5.66. The van der Waals surface area contributed by atoms with Gasteiger partial charge in [0, 0.05) is 18.7 Å². The maximum atomic E-state index is 11.4. The summed E-state index contributed by atoms with van der Waals surface area (Å²) in [5, 5.41) is 4.89. The summed E-state index contributed by atoms with van der Waals surface area (Å²) in [5.74, 6) is 0.00666. The number of alkyl halides is 1. The van der Waals surface area contributed by atoms with Crippen LogP contribution in [-0.4, -0.2) is 27.2 Å². The average molecular weight is 328 g/mol. The predicted molar refractivity (Wildman–Crippen MR) is 77.0 cm³/mol. The summed E-state index contributed by atoms with van der Waals surface area (Å²) < 4.78 is 0. The van der Waals surface area contributed by atoms with Gasteiger partial charge in [-0.25, -0.2) is 4.98 Å². The van der Waals surface area contributed by atoms with Crippen molar-refractivity contribution in [3.63, 3.8) is 0 Å². The fraction of sp³-hybridized carbons (Fsp3) is 0.333. The third-order valence-corrected chi connectivity index (χ3v) is 3.80. The van der Waals surface area contributed by atoms with E-state index in [4.69, 9.17) is 0 Å². The summed E-state index contributed by atoms with van der Waals surface area (Å²) in [6, 6.07) is 4.05. The Morgan fingerprint density at radius 2 is 2.50 bits per heavy atom. The summed E-state index contributed by atoms with van der Waals surface area (Å²) in [4.78, 5) is 19.8. The molecule has 0 aliphatic rings. The largest absolute Gasteiger partial charge is 0.355 e. The van der Waals surface area contributed by atoms with Crippen molar-refractivity contribution in [2.75, 3.05) is 6.54 Å². The zero-order valence-corrected chi connectivity index (χ0v) is 12.3. The monoisotopic (exact) mass is 327 g/mol. The number of rotatable bonds is 5. The minimum Gasteiger partial charge on any atom is -0.355 e. The number of thiophene rings is 1. The number of halogens is 1. The lowest BCUT2D eigenvalue weighted by atomic mass is 10.2. The van der Waals surface area contributed by atoms with Crippen molar-refractivity contribution >= 4 is 33.2 Å². The molecule has 6 heteroatoms. The first-order chi connectivity index (χ1) is 8.68. The molecule has 0 saturated heterocycles. The molecule has 0 fully saturated rings. The van der Waals surface area contributed by atoms with Crippen LogP contribution in [0.4, 0.5) is 0 Å². The number of amides is 1. The fourth-order valence-electron chi connectivity index (χ4n) is 1.59. The third-order valence-electron chi connectivity index (χ3n) is 2.51. The third kappa shape index (κ3) is 3.20. The normalized spacial score (nSPS) is 12.3. The van der Waals surface area contributed by atoms with Crippen LogP contribution in [0.1, 0.15) is 12.6 Å². The van der Waals surface area contributed by atoms with E-state index in [1.165, 1.54) is 0 Å². The Bertz CT molecular complexity index is 507. The van der Waals surface area contributed by atoms with Crippen molar-refractivity contribution in [1.82, 2.24) is 15.3 Å². The molecule has 2 aromatic heterocycles. The quantitative estimate of drug-likeness (QED) is 0.829. The number of H-pyrrole nitrogens is 1. The molecule has 2 rings (SSSR count). The van der Waals surface area contributed by atoms with E-state index in [-0.39, 0.29) is 10.7 Å². The first kappa shape index (κ1) is 13.3. The molecule has 0 spiro atoms. The van der Waals surface area contributed by atoms with Gasteiger partial charge < -0.3 is 10.3 Å². The molecule has 0 radical (unpaired) electrons.